The van der Waals surface area contributed by atoms with Gasteiger partial charge in [0.1, 0.15) is 32.7 Å². The SMILES string of the molecule is CC(=O)[C@@H](Cc1ccccc1)NC(=O)C[NH+]1CC[NH+](Cc2cccc(C)c2)CC1. The molecule has 1 amide bonds. The maximum Gasteiger partial charge on any atom is 0.275 e. The summed E-state index contributed by atoms with van der Waals surface area (Å²) in [6.45, 7) is 9.27. The van der Waals surface area contributed by atoms with Gasteiger partial charge in [-0.25, -0.2) is 0 Å². The van der Waals surface area contributed by atoms with Crippen molar-refractivity contribution in [2.24, 2.45) is 0 Å². The summed E-state index contributed by atoms with van der Waals surface area (Å²) in [5.74, 6) is -0.0251. The van der Waals surface area contributed by atoms with Gasteiger partial charge in [-0.2, -0.15) is 0 Å². The van der Waals surface area contributed by atoms with E-state index in [1.54, 1.807) is 11.8 Å². The number of nitrogens with one attached hydrogen (secondary N) is 3. The van der Waals surface area contributed by atoms with Crippen molar-refractivity contribution >= 4 is 11.7 Å². The Labute approximate surface area is 173 Å². The van der Waals surface area contributed by atoms with E-state index in [4.69, 9.17) is 0 Å². The minimum atomic E-state index is -0.447. The number of Topliss-reactive ketones (excluding diaryl/α,β-unsaturated/α-hetero) is 1. The molecule has 0 spiro atoms. The van der Waals surface area contributed by atoms with Crippen LogP contribution in [0.3, 0.4) is 0 Å². The summed E-state index contributed by atoms with van der Waals surface area (Å²) >= 11 is 0. The molecule has 2 aromatic rings. The molecule has 0 bridgehead atoms. The van der Waals surface area contributed by atoms with Gasteiger partial charge in [-0.15, -0.1) is 0 Å². The van der Waals surface area contributed by atoms with Crippen LogP contribution in [0.1, 0.15) is 23.6 Å². The van der Waals surface area contributed by atoms with E-state index < -0.39 is 6.04 Å². The fraction of sp³-hybridized carbons (Fsp3) is 0.417. The van der Waals surface area contributed by atoms with Crippen molar-refractivity contribution in [3.63, 3.8) is 0 Å². The fourth-order valence-corrected chi connectivity index (χ4v) is 4.04. The lowest BCUT2D eigenvalue weighted by Crippen LogP contribution is -3.28. The highest BCUT2D eigenvalue weighted by molar-refractivity contribution is 5.88. The molecule has 1 heterocycles. The van der Waals surface area contributed by atoms with Gasteiger partial charge in [-0.05, 0) is 25.8 Å². The Morgan fingerprint density at radius 3 is 2.24 bits per heavy atom. The highest BCUT2D eigenvalue weighted by Gasteiger charge is 2.26. The molecular weight excluding hydrogens is 362 g/mol. The van der Waals surface area contributed by atoms with Crippen LogP contribution in [0.2, 0.25) is 0 Å². The minimum Gasteiger partial charge on any atom is -0.341 e. The third kappa shape index (κ3) is 6.80. The number of benzene rings is 2. The summed E-state index contributed by atoms with van der Waals surface area (Å²) in [5, 5.41) is 2.95. The monoisotopic (exact) mass is 395 g/mol. The normalized spacial score (nSPS) is 20.1. The topological polar surface area (TPSA) is 55.0 Å². The number of amides is 1. The lowest BCUT2D eigenvalue weighted by atomic mass is 10.0. The molecule has 5 nitrogen and oxygen atoms in total. The van der Waals surface area contributed by atoms with E-state index in [0.717, 1.165) is 38.3 Å². The first-order valence-corrected chi connectivity index (χ1v) is 10.6. The van der Waals surface area contributed by atoms with E-state index in [1.807, 2.05) is 30.3 Å². The van der Waals surface area contributed by atoms with Crippen molar-refractivity contribution in [2.75, 3.05) is 32.7 Å². The van der Waals surface area contributed by atoms with Crippen molar-refractivity contribution in [1.82, 2.24) is 5.32 Å². The number of piperazine rings is 1. The average molecular weight is 396 g/mol. The number of carbonyl (C=O) groups is 2. The second-order valence-corrected chi connectivity index (χ2v) is 8.26. The number of aryl methyl sites for hydroxylation is 1. The average Bonchev–Trinajstić information content (AvgIpc) is 2.70. The quantitative estimate of drug-likeness (QED) is 0.570. The Hall–Kier alpha value is -2.50. The van der Waals surface area contributed by atoms with E-state index in [-0.39, 0.29) is 11.7 Å². The molecule has 0 aromatic heterocycles. The molecule has 2 aromatic carbocycles. The summed E-state index contributed by atoms with van der Waals surface area (Å²) < 4.78 is 0. The summed E-state index contributed by atoms with van der Waals surface area (Å²) in [4.78, 5) is 27.4. The van der Waals surface area contributed by atoms with E-state index in [1.165, 1.54) is 16.0 Å². The molecule has 1 aliphatic rings. The standard InChI is InChI=1S/C24H31N3O2/c1-19-7-6-10-22(15-19)17-26-11-13-27(14-12-26)18-24(29)25-23(20(2)28)16-21-8-4-3-5-9-21/h3-10,15,23H,11-14,16-18H2,1-2H3,(H,25,29)/p+2/t23-/m1/s1. The predicted molar refractivity (Wildman–Crippen MR) is 114 cm³/mol. The molecule has 154 valence electrons. The Morgan fingerprint density at radius 2 is 1.59 bits per heavy atom. The molecule has 0 saturated carbocycles. The molecule has 29 heavy (non-hydrogen) atoms. The molecule has 5 heteroatoms. The van der Waals surface area contributed by atoms with Crippen LogP contribution in [0.25, 0.3) is 0 Å². The first kappa shape index (κ1) is 21.2. The number of hydrogen-bond donors (Lipinski definition) is 3. The first-order valence-electron chi connectivity index (χ1n) is 10.6. The van der Waals surface area contributed by atoms with Gasteiger partial charge < -0.3 is 15.1 Å². The van der Waals surface area contributed by atoms with Crippen LogP contribution in [0.15, 0.2) is 54.6 Å². The molecular formula is C24H33N3O2+2. The molecule has 1 fully saturated rings. The molecule has 0 unspecified atom stereocenters. The van der Waals surface area contributed by atoms with Crippen LogP contribution in [0, 0.1) is 6.92 Å². The van der Waals surface area contributed by atoms with Crippen molar-refractivity contribution in [1.29, 1.82) is 0 Å². The Bertz CT molecular complexity index is 814. The maximum atomic E-state index is 12.5. The minimum absolute atomic E-state index is 0.00428. The summed E-state index contributed by atoms with van der Waals surface area (Å²) in [6, 6.07) is 18.1. The van der Waals surface area contributed by atoms with Gasteiger partial charge in [0.15, 0.2) is 12.3 Å². The van der Waals surface area contributed by atoms with E-state index in [2.05, 4.69) is 36.5 Å². The van der Waals surface area contributed by atoms with E-state index in [0.29, 0.717) is 13.0 Å². The van der Waals surface area contributed by atoms with Gasteiger partial charge in [-0.1, -0.05) is 60.2 Å². The second kappa shape index (κ2) is 10.3. The fourth-order valence-electron chi connectivity index (χ4n) is 4.04. The van der Waals surface area contributed by atoms with Crippen LogP contribution in [0.5, 0.6) is 0 Å². The van der Waals surface area contributed by atoms with Crippen LogP contribution in [0.4, 0.5) is 0 Å². The van der Waals surface area contributed by atoms with Gasteiger partial charge >= 0.3 is 0 Å². The van der Waals surface area contributed by atoms with Crippen LogP contribution in [-0.4, -0.2) is 50.5 Å². The van der Waals surface area contributed by atoms with Crippen molar-refractivity contribution < 1.29 is 19.4 Å². The summed E-state index contributed by atoms with van der Waals surface area (Å²) in [5.41, 5.74) is 3.75. The van der Waals surface area contributed by atoms with Crippen molar-refractivity contribution in [3.8, 4) is 0 Å². The van der Waals surface area contributed by atoms with Crippen molar-refractivity contribution in [2.45, 2.75) is 32.9 Å². The number of ketones is 1. The van der Waals surface area contributed by atoms with E-state index >= 15 is 0 Å². The van der Waals surface area contributed by atoms with Gasteiger partial charge in [0.05, 0.1) is 6.04 Å². The predicted octanol–water partition coefficient (Wildman–Crippen LogP) is -0.405. The first-order chi connectivity index (χ1) is 14.0. The Kier molecular flexibility index (Phi) is 7.55. The Morgan fingerprint density at radius 1 is 0.931 bits per heavy atom. The number of quaternary nitrogens is 2. The zero-order valence-corrected chi connectivity index (χ0v) is 17.5. The highest BCUT2D eigenvalue weighted by atomic mass is 16.2. The van der Waals surface area contributed by atoms with Crippen LogP contribution in [-0.2, 0) is 22.6 Å². The zero-order valence-electron chi connectivity index (χ0n) is 17.5. The van der Waals surface area contributed by atoms with Crippen LogP contribution >= 0.6 is 0 Å². The molecule has 1 saturated heterocycles. The number of hydrogen-bond acceptors (Lipinski definition) is 2. The maximum absolute atomic E-state index is 12.5. The van der Waals surface area contributed by atoms with E-state index in [9.17, 15) is 9.59 Å². The van der Waals surface area contributed by atoms with Gasteiger partial charge in [0, 0.05) is 5.56 Å². The molecule has 0 aliphatic carbocycles. The number of rotatable bonds is 8. The van der Waals surface area contributed by atoms with Crippen molar-refractivity contribution in [3.05, 3.63) is 71.3 Å². The second-order valence-electron chi connectivity index (χ2n) is 8.26. The Balaban J connectivity index is 1.44. The third-order valence-corrected chi connectivity index (χ3v) is 5.72. The molecule has 3 rings (SSSR count). The molecule has 0 radical (unpaired) electrons. The largest absolute Gasteiger partial charge is 0.341 e. The third-order valence-electron chi connectivity index (χ3n) is 5.72. The molecule has 1 aliphatic heterocycles. The summed E-state index contributed by atoms with van der Waals surface area (Å²) in [7, 11) is 0. The van der Waals surface area contributed by atoms with Gasteiger partial charge in [0.2, 0.25) is 0 Å². The highest BCUT2D eigenvalue weighted by Crippen LogP contribution is 2.04. The lowest BCUT2D eigenvalue weighted by molar-refractivity contribution is -1.02. The number of carbonyl (C=O) groups excluding carboxylic acids is 2. The van der Waals surface area contributed by atoms with Crippen LogP contribution < -0.4 is 15.1 Å². The zero-order chi connectivity index (χ0) is 20.6. The van der Waals surface area contributed by atoms with Gasteiger partial charge in [-0.3, -0.25) is 9.59 Å². The summed E-state index contributed by atoms with van der Waals surface area (Å²) in [6.07, 6.45) is 0.547. The smallest absolute Gasteiger partial charge is 0.275 e. The molecule has 3 N–H and O–H groups in total. The molecule has 1 atom stereocenters. The lowest BCUT2D eigenvalue weighted by Gasteiger charge is -2.29. The van der Waals surface area contributed by atoms with Gasteiger partial charge in [0.25, 0.3) is 5.91 Å².